The summed E-state index contributed by atoms with van der Waals surface area (Å²) in [6.07, 6.45) is 1.63. The number of imidazole rings is 1. The zero-order chi connectivity index (χ0) is 16.1. The second-order valence-corrected chi connectivity index (χ2v) is 4.85. The molecule has 0 saturated heterocycles. The van der Waals surface area contributed by atoms with E-state index in [-0.39, 0.29) is 0 Å². The predicted molar refractivity (Wildman–Crippen MR) is 90.9 cm³/mol. The molecule has 2 aromatic carbocycles. The number of rotatable bonds is 5. The van der Waals surface area contributed by atoms with Crippen LogP contribution in [0.3, 0.4) is 0 Å². The Hall–Kier alpha value is -3.26. The molecular formula is C18H16N4O. The molecule has 0 aliphatic heterocycles. The number of allylic oxidation sites excluding steroid dienone is 1. The van der Waals surface area contributed by atoms with Crippen molar-refractivity contribution >= 4 is 22.3 Å². The largest absolute Gasteiger partial charge is 0.492 e. The highest BCUT2D eigenvalue weighted by molar-refractivity contribution is 5.82. The number of nitrogens with one attached hydrogen (secondary N) is 2. The van der Waals surface area contributed by atoms with Crippen LogP contribution in [0.4, 0.5) is 5.69 Å². The van der Waals surface area contributed by atoms with E-state index in [4.69, 9.17) is 4.74 Å². The van der Waals surface area contributed by atoms with Gasteiger partial charge >= 0.3 is 0 Å². The number of fused-ring (bicyclic) bond motifs is 1. The number of anilines is 1. The molecule has 2 N–H and O–H groups in total. The smallest absolute Gasteiger partial charge is 0.150 e. The molecule has 0 fully saturated rings. The van der Waals surface area contributed by atoms with E-state index in [0.717, 1.165) is 22.5 Å². The topological polar surface area (TPSA) is 73.7 Å². The quantitative estimate of drug-likeness (QED) is 0.700. The van der Waals surface area contributed by atoms with E-state index in [1.54, 1.807) is 6.20 Å². The minimum absolute atomic E-state index is 0.424. The Bertz CT molecular complexity index is 856. The summed E-state index contributed by atoms with van der Waals surface area (Å²) >= 11 is 0. The molecule has 0 spiro atoms. The molecule has 1 heterocycles. The first-order chi connectivity index (χ1) is 11.3. The summed E-state index contributed by atoms with van der Waals surface area (Å²) in [5.41, 5.74) is 2.96. The van der Waals surface area contributed by atoms with Crippen LogP contribution in [-0.4, -0.2) is 16.6 Å². The molecule has 114 valence electrons. The van der Waals surface area contributed by atoms with Gasteiger partial charge in [-0.1, -0.05) is 24.3 Å². The van der Waals surface area contributed by atoms with Crippen molar-refractivity contribution in [2.75, 3.05) is 11.9 Å². The van der Waals surface area contributed by atoms with Gasteiger partial charge in [-0.15, -0.1) is 0 Å². The van der Waals surface area contributed by atoms with Crippen LogP contribution < -0.4 is 10.1 Å². The lowest BCUT2D eigenvalue weighted by Gasteiger charge is -2.09. The molecule has 0 saturated carbocycles. The van der Waals surface area contributed by atoms with Gasteiger partial charge in [0.15, 0.2) is 5.82 Å². The van der Waals surface area contributed by atoms with Crippen molar-refractivity contribution in [3.8, 4) is 11.8 Å². The summed E-state index contributed by atoms with van der Waals surface area (Å²) < 4.78 is 5.56. The number of aromatic nitrogens is 2. The summed E-state index contributed by atoms with van der Waals surface area (Å²) in [5, 5.41) is 12.5. The van der Waals surface area contributed by atoms with Crippen molar-refractivity contribution in [3.63, 3.8) is 0 Å². The fourth-order valence-corrected chi connectivity index (χ4v) is 2.25. The monoisotopic (exact) mass is 304 g/mol. The molecule has 0 bridgehead atoms. The minimum atomic E-state index is 0.424. The molecule has 5 heteroatoms. The van der Waals surface area contributed by atoms with E-state index >= 15 is 0 Å². The van der Waals surface area contributed by atoms with Crippen LogP contribution in [0.5, 0.6) is 5.75 Å². The zero-order valence-corrected chi connectivity index (χ0v) is 12.7. The second kappa shape index (κ2) is 6.67. The van der Waals surface area contributed by atoms with E-state index in [2.05, 4.69) is 21.4 Å². The van der Waals surface area contributed by atoms with Crippen LogP contribution in [0.15, 0.2) is 54.7 Å². The Morgan fingerprint density at radius 2 is 2.04 bits per heavy atom. The summed E-state index contributed by atoms with van der Waals surface area (Å²) in [6, 6.07) is 17.4. The standard InChI is InChI=1S/C18H16N4O/c1-2-23-17-10-6-5-9-16(17)20-12-13(11-19)18-21-14-7-3-4-8-15(14)22-18/h3-10,12,20H,2H2,1H3,(H,21,22)/b13-12+. The van der Waals surface area contributed by atoms with Crippen LogP contribution in [0.25, 0.3) is 16.6 Å². The van der Waals surface area contributed by atoms with E-state index < -0.39 is 0 Å². The van der Waals surface area contributed by atoms with Crippen LogP contribution in [-0.2, 0) is 0 Å². The maximum Gasteiger partial charge on any atom is 0.150 e. The lowest BCUT2D eigenvalue weighted by Crippen LogP contribution is -1.98. The van der Waals surface area contributed by atoms with Gasteiger partial charge in [0.25, 0.3) is 0 Å². The van der Waals surface area contributed by atoms with Crippen molar-refractivity contribution < 1.29 is 4.74 Å². The van der Waals surface area contributed by atoms with E-state index in [1.807, 2.05) is 55.5 Å². The van der Waals surface area contributed by atoms with Crippen LogP contribution >= 0.6 is 0 Å². The normalized spacial score (nSPS) is 11.2. The molecule has 3 aromatic rings. The van der Waals surface area contributed by atoms with Crippen LogP contribution in [0.1, 0.15) is 12.7 Å². The summed E-state index contributed by atoms with van der Waals surface area (Å²) in [6.45, 7) is 2.51. The van der Waals surface area contributed by atoms with Crippen molar-refractivity contribution in [2.24, 2.45) is 0 Å². The Balaban J connectivity index is 1.89. The number of hydrogen-bond acceptors (Lipinski definition) is 4. The second-order valence-electron chi connectivity index (χ2n) is 4.85. The number of para-hydroxylation sites is 4. The molecule has 23 heavy (non-hydrogen) atoms. The minimum Gasteiger partial charge on any atom is -0.492 e. The third-order valence-electron chi connectivity index (χ3n) is 3.32. The third-order valence-corrected chi connectivity index (χ3v) is 3.32. The molecule has 0 radical (unpaired) electrons. The van der Waals surface area contributed by atoms with Gasteiger partial charge in [-0.2, -0.15) is 5.26 Å². The number of hydrogen-bond donors (Lipinski definition) is 2. The van der Waals surface area contributed by atoms with Gasteiger partial charge in [0.1, 0.15) is 17.4 Å². The lowest BCUT2D eigenvalue weighted by molar-refractivity contribution is 0.342. The number of ether oxygens (including phenoxy) is 1. The van der Waals surface area contributed by atoms with Gasteiger partial charge in [-0.25, -0.2) is 4.98 Å². The first kappa shape index (κ1) is 14.7. The summed E-state index contributed by atoms with van der Waals surface area (Å²) in [4.78, 5) is 7.59. The fraction of sp³-hybridized carbons (Fsp3) is 0.111. The average molecular weight is 304 g/mol. The summed E-state index contributed by atoms with van der Waals surface area (Å²) in [7, 11) is 0. The molecule has 0 amide bonds. The van der Waals surface area contributed by atoms with Crippen LogP contribution in [0.2, 0.25) is 0 Å². The maximum atomic E-state index is 9.41. The van der Waals surface area contributed by atoms with Crippen molar-refractivity contribution in [1.82, 2.24) is 9.97 Å². The Morgan fingerprint density at radius 1 is 1.26 bits per heavy atom. The predicted octanol–water partition coefficient (Wildman–Crippen LogP) is 3.94. The molecule has 3 rings (SSSR count). The first-order valence-corrected chi connectivity index (χ1v) is 7.35. The van der Waals surface area contributed by atoms with Gasteiger partial charge < -0.3 is 15.0 Å². The van der Waals surface area contributed by atoms with Gasteiger partial charge in [-0.05, 0) is 31.2 Å². The average Bonchev–Trinajstić information content (AvgIpc) is 3.01. The number of benzene rings is 2. The van der Waals surface area contributed by atoms with Gasteiger partial charge in [0.2, 0.25) is 0 Å². The number of H-pyrrole nitrogens is 1. The highest BCUT2D eigenvalue weighted by Crippen LogP contribution is 2.24. The van der Waals surface area contributed by atoms with Crippen molar-refractivity contribution in [2.45, 2.75) is 6.92 Å². The van der Waals surface area contributed by atoms with Crippen molar-refractivity contribution in [1.29, 1.82) is 5.26 Å². The van der Waals surface area contributed by atoms with Gasteiger partial charge in [-0.3, -0.25) is 0 Å². The lowest BCUT2D eigenvalue weighted by atomic mass is 10.2. The highest BCUT2D eigenvalue weighted by Gasteiger charge is 2.08. The van der Waals surface area contributed by atoms with Crippen LogP contribution in [0, 0.1) is 11.3 Å². The van der Waals surface area contributed by atoms with E-state index in [1.165, 1.54) is 0 Å². The molecule has 1 aromatic heterocycles. The molecule has 5 nitrogen and oxygen atoms in total. The van der Waals surface area contributed by atoms with E-state index in [9.17, 15) is 5.26 Å². The molecule has 0 aliphatic rings. The zero-order valence-electron chi connectivity index (χ0n) is 12.7. The molecule has 0 aliphatic carbocycles. The Labute approximate surface area is 134 Å². The number of aromatic amines is 1. The molecular weight excluding hydrogens is 288 g/mol. The Morgan fingerprint density at radius 3 is 2.83 bits per heavy atom. The first-order valence-electron chi connectivity index (χ1n) is 7.35. The maximum absolute atomic E-state index is 9.41. The van der Waals surface area contributed by atoms with Gasteiger partial charge in [0.05, 0.1) is 23.3 Å². The molecule has 0 atom stereocenters. The SMILES string of the molecule is CCOc1ccccc1N/C=C(\C#N)c1nc2ccccc2[nH]1. The van der Waals surface area contributed by atoms with Gasteiger partial charge in [0, 0.05) is 6.20 Å². The third kappa shape index (κ3) is 3.16. The molecule has 0 unspecified atom stereocenters. The fourth-order valence-electron chi connectivity index (χ4n) is 2.25. The number of nitriles is 1. The highest BCUT2D eigenvalue weighted by atomic mass is 16.5. The number of nitrogens with zero attached hydrogens (tertiary/aromatic N) is 2. The summed E-state index contributed by atoms with van der Waals surface area (Å²) in [5.74, 6) is 1.28. The Kier molecular flexibility index (Phi) is 4.25. The van der Waals surface area contributed by atoms with E-state index in [0.29, 0.717) is 18.0 Å². The van der Waals surface area contributed by atoms with Crippen molar-refractivity contribution in [3.05, 3.63) is 60.6 Å².